The molecule has 0 aliphatic carbocycles. The number of carbonyl (C=O) groups is 1. The number of benzene rings is 2. The molecular formula is C19H16BrN3OS. The number of thioether (sulfide) groups is 1. The maximum Gasteiger partial charge on any atom is 0.256 e. The van der Waals surface area contributed by atoms with E-state index in [1.54, 1.807) is 0 Å². The van der Waals surface area contributed by atoms with Crippen molar-refractivity contribution in [1.29, 1.82) is 0 Å². The van der Waals surface area contributed by atoms with Crippen molar-refractivity contribution in [3.8, 4) is 5.69 Å². The zero-order valence-corrected chi connectivity index (χ0v) is 16.0. The summed E-state index contributed by atoms with van der Waals surface area (Å²) in [6.45, 7) is 2.05. The highest BCUT2D eigenvalue weighted by atomic mass is 79.9. The van der Waals surface area contributed by atoms with E-state index in [0.717, 1.165) is 44.3 Å². The number of aromatic nitrogens is 2. The lowest BCUT2D eigenvalue weighted by atomic mass is 10.2. The standard InChI is InChI=1S/C19H16BrN3OS/c1-12-4-2-7-15(8-12)23-18(16-10-25-11-17(16)22-23)21-19(24)13-5-3-6-14(20)9-13/h2-9H,10-11H2,1H3,(H,21,24). The summed E-state index contributed by atoms with van der Waals surface area (Å²) in [4.78, 5) is 12.7. The fourth-order valence-electron chi connectivity index (χ4n) is 2.90. The molecule has 0 unspecified atom stereocenters. The van der Waals surface area contributed by atoms with Crippen LogP contribution in [0.3, 0.4) is 0 Å². The molecule has 0 saturated heterocycles. The molecule has 0 fully saturated rings. The van der Waals surface area contributed by atoms with Crippen LogP contribution < -0.4 is 5.32 Å². The fourth-order valence-corrected chi connectivity index (χ4v) is 4.33. The molecule has 1 aliphatic heterocycles. The van der Waals surface area contributed by atoms with Gasteiger partial charge in [0.05, 0.1) is 11.4 Å². The van der Waals surface area contributed by atoms with Gasteiger partial charge in [-0.15, -0.1) is 0 Å². The number of nitrogens with one attached hydrogen (secondary N) is 1. The Hall–Kier alpha value is -2.05. The van der Waals surface area contributed by atoms with Gasteiger partial charge >= 0.3 is 0 Å². The van der Waals surface area contributed by atoms with Crippen LogP contribution in [-0.4, -0.2) is 15.7 Å². The SMILES string of the molecule is Cc1cccc(-n2nc3c(c2NC(=O)c2cccc(Br)c2)CSC3)c1. The summed E-state index contributed by atoms with van der Waals surface area (Å²) in [5.41, 5.74) is 4.91. The van der Waals surface area contributed by atoms with E-state index in [1.165, 1.54) is 0 Å². The highest BCUT2D eigenvalue weighted by Crippen LogP contribution is 2.36. The van der Waals surface area contributed by atoms with Crippen LogP contribution >= 0.6 is 27.7 Å². The minimum absolute atomic E-state index is 0.130. The van der Waals surface area contributed by atoms with Gasteiger partial charge in [0.25, 0.3) is 5.91 Å². The van der Waals surface area contributed by atoms with Crippen LogP contribution in [0.2, 0.25) is 0 Å². The van der Waals surface area contributed by atoms with Crippen molar-refractivity contribution in [2.45, 2.75) is 18.4 Å². The van der Waals surface area contributed by atoms with Gasteiger partial charge in [-0.3, -0.25) is 4.79 Å². The Labute approximate surface area is 158 Å². The van der Waals surface area contributed by atoms with Gasteiger partial charge in [-0.1, -0.05) is 34.1 Å². The number of anilines is 1. The Morgan fingerprint density at radius 1 is 1.20 bits per heavy atom. The highest BCUT2D eigenvalue weighted by Gasteiger charge is 2.25. The van der Waals surface area contributed by atoms with Crippen LogP contribution in [-0.2, 0) is 11.5 Å². The largest absolute Gasteiger partial charge is 0.306 e. The average Bonchev–Trinajstić information content (AvgIpc) is 3.17. The first-order valence-corrected chi connectivity index (χ1v) is 9.89. The Bertz CT molecular complexity index is 967. The van der Waals surface area contributed by atoms with Crippen molar-refractivity contribution < 1.29 is 4.79 Å². The van der Waals surface area contributed by atoms with E-state index in [0.29, 0.717) is 5.56 Å². The maximum atomic E-state index is 12.7. The maximum absolute atomic E-state index is 12.7. The summed E-state index contributed by atoms with van der Waals surface area (Å²) >= 11 is 5.24. The van der Waals surface area contributed by atoms with Gasteiger partial charge in [-0.05, 0) is 42.8 Å². The second-order valence-electron chi connectivity index (χ2n) is 5.98. The smallest absolute Gasteiger partial charge is 0.256 e. The minimum atomic E-state index is -0.130. The van der Waals surface area contributed by atoms with E-state index < -0.39 is 0 Å². The predicted molar refractivity (Wildman–Crippen MR) is 105 cm³/mol. The van der Waals surface area contributed by atoms with Crippen molar-refractivity contribution in [3.05, 3.63) is 75.4 Å². The number of hydrogen-bond donors (Lipinski definition) is 1. The lowest BCUT2D eigenvalue weighted by molar-refractivity contribution is 0.102. The molecule has 1 amide bonds. The van der Waals surface area contributed by atoms with E-state index in [1.807, 2.05) is 52.8 Å². The number of halogens is 1. The molecule has 4 nitrogen and oxygen atoms in total. The molecule has 1 aliphatic rings. The van der Waals surface area contributed by atoms with Gasteiger partial charge in [0, 0.05) is 27.1 Å². The predicted octanol–water partition coefficient (Wildman–Crippen LogP) is 4.94. The highest BCUT2D eigenvalue weighted by molar-refractivity contribution is 9.10. The summed E-state index contributed by atoms with van der Waals surface area (Å²) in [7, 11) is 0. The topological polar surface area (TPSA) is 46.9 Å². The third-order valence-electron chi connectivity index (χ3n) is 4.12. The lowest BCUT2D eigenvalue weighted by Crippen LogP contribution is -2.16. The molecule has 3 aromatic rings. The van der Waals surface area contributed by atoms with Gasteiger partial charge < -0.3 is 5.32 Å². The second kappa shape index (κ2) is 6.69. The zero-order valence-electron chi connectivity index (χ0n) is 13.6. The van der Waals surface area contributed by atoms with E-state index in [-0.39, 0.29) is 5.91 Å². The first-order valence-electron chi connectivity index (χ1n) is 7.94. The molecule has 0 bridgehead atoms. The van der Waals surface area contributed by atoms with Crippen LogP contribution in [0.4, 0.5) is 5.82 Å². The van der Waals surface area contributed by atoms with Gasteiger partial charge in [0.15, 0.2) is 0 Å². The van der Waals surface area contributed by atoms with Gasteiger partial charge in [-0.2, -0.15) is 16.9 Å². The molecule has 2 heterocycles. The van der Waals surface area contributed by atoms with E-state index >= 15 is 0 Å². The normalized spacial score (nSPS) is 12.9. The minimum Gasteiger partial charge on any atom is -0.306 e. The molecule has 1 N–H and O–H groups in total. The van der Waals surface area contributed by atoms with Gasteiger partial charge in [0.2, 0.25) is 0 Å². The molecule has 25 heavy (non-hydrogen) atoms. The number of hydrogen-bond acceptors (Lipinski definition) is 3. The molecule has 4 rings (SSSR count). The Morgan fingerprint density at radius 3 is 2.84 bits per heavy atom. The molecule has 1 aromatic heterocycles. The van der Waals surface area contributed by atoms with Crippen LogP contribution in [0.1, 0.15) is 27.2 Å². The van der Waals surface area contributed by atoms with Gasteiger partial charge in [-0.25, -0.2) is 4.68 Å². The van der Waals surface area contributed by atoms with E-state index in [2.05, 4.69) is 40.3 Å². The van der Waals surface area contributed by atoms with Crippen LogP contribution in [0.5, 0.6) is 0 Å². The molecule has 2 aromatic carbocycles. The molecule has 0 spiro atoms. The van der Waals surface area contributed by atoms with Crippen LogP contribution in [0.25, 0.3) is 5.69 Å². The Morgan fingerprint density at radius 2 is 2.04 bits per heavy atom. The molecule has 0 atom stereocenters. The molecule has 126 valence electrons. The van der Waals surface area contributed by atoms with E-state index in [9.17, 15) is 4.79 Å². The van der Waals surface area contributed by atoms with E-state index in [4.69, 9.17) is 5.10 Å². The first kappa shape index (κ1) is 16.4. The second-order valence-corrected chi connectivity index (χ2v) is 7.88. The van der Waals surface area contributed by atoms with Crippen molar-refractivity contribution in [2.75, 3.05) is 5.32 Å². The van der Waals surface area contributed by atoms with Crippen molar-refractivity contribution in [1.82, 2.24) is 9.78 Å². The number of nitrogens with zero attached hydrogens (tertiary/aromatic N) is 2. The third kappa shape index (κ3) is 3.24. The molecular weight excluding hydrogens is 398 g/mol. The first-order chi connectivity index (χ1) is 12.1. The summed E-state index contributed by atoms with van der Waals surface area (Å²) < 4.78 is 2.74. The molecule has 0 saturated carbocycles. The van der Waals surface area contributed by atoms with Crippen LogP contribution in [0, 0.1) is 6.92 Å². The average molecular weight is 414 g/mol. The third-order valence-corrected chi connectivity index (χ3v) is 5.58. The fraction of sp³-hybridized carbons (Fsp3) is 0.158. The number of aryl methyl sites for hydroxylation is 1. The quantitative estimate of drug-likeness (QED) is 0.660. The summed E-state index contributed by atoms with van der Waals surface area (Å²) in [5, 5.41) is 7.82. The molecule has 6 heteroatoms. The summed E-state index contributed by atoms with van der Waals surface area (Å²) in [5.74, 6) is 2.40. The Kier molecular flexibility index (Phi) is 4.39. The monoisotopic (exact) mass is 413 g/mol. The zero-order chi connectivity index (χ0) is 17.4. The van der Waals surface area contributed by atoms with Crippen molar-refractivity contribution in [2.24, 2.45) is 0 Å². The van der Waals surface area contributed by atoms with Crippen molar-refractivity contribution >= 4 is 39.4 Å². The van der Waals surface area contributed by atoms with Gasteiger partial charge in [0.1, 0.15) is 5.82 Å². The Balaban J connectivity index is 1.75. The number of rotatable bonds is 3. The molecule has 0 radical (unpaired) electrons. The summed E-state index contributed by atoms with van der Waals surface area (Å²) in [6.07, 6.45) is 0. The van der Waals surface area contributed by atoms with Crippen LogP contribution in [0.15, 0.2) is 53.0 Å². The summed E-state index contributed by atoms with van der Waals surface area (Å²) in [6, 6.07) is 15.5. The number of carbonyl (C=O) groups excluding carboxylic acids is 1. The van der Waals surface area contributed by atoms with Crippen molar-refractivity contribution in [3.63, 3.8) is 0 Å². The lowest BCUT2D eigenvalue weighted by Gasteiger charge is -2.12. The number of fused-ring (bicyclic) bond motifs is 1. The number of amides is 1.